The Bertz CT molecular complexity index is 1180. The highest BCUT2D eigenvalue weighted by Crippen LogP contribution is 2.20. The molecule has 1 aromatic heterocycles. The van der Waals surface area contributed by atoms with Crippen molar-refractivity contribution in [2.75, 3.05) is 20.1 Å². The minimum absolute atomic E-state index is 0.0818. The van der Waals surface area contributed by atoms with Gasteiger partial charge >= 0.3 is 5.69 Å². The Morgan fingerprint density at radius 3 is 2.33 bits per heavy atom. The van der Waals surface area contributed by atoms with E-state index >= 15 is 0 Å². The number of rotatable bonds is 5. The molecule has 0 spiro atoms. The predicted molar refractivity (Wildman–Crippen MR) is 118 cm³/mol. The molecule has 0 bridgehead atoms. The Labute approximate surface area is 175 Å². The SMILES string of the molecule is CCC(=O)c1ccc(Cn2c(=O)n(C3CCN(C)CC3)c(=O)c3ccccc32)cc1. The number of fused-ring (bicyclic) bond motifs is 1. The third kappa shape index (κ3) is 3.75. The monoisotopic (exact) mass is 405 g/mol. The van der Waals surface area contributed by atoms with Crippen molar-refractivity contribution in [2.24, 2.45) is 0 Å². The van der Waals surface area contributed by atoms with Crippen molar-refractivity contribution in [3.8, 4) is 0 Å². The van der Waals surface area contributed by atoms with Gasteiger partial charge in [-0.3, -0.25) is 18.7 Å². The molecule has 6 nitrogen and oxygen atoms in total. The average Bonchev–Trinajstić information content (AvgIpc) is 2.78. The lowest BCUT2D eigenvalue weighted by Crippen LogP contribution is -2.45. The second-order valence-corrected chi connectivity index (χ2v) is 8.07. The van der Waals surface area contributed by atoms with Gasteiger partial charge in [0.15, 0.2) is 5.78 Å². The largest absolute Gasteiger partial charge is 0.332 e. The van der Waals surface area contributed by atoms with Gasteiger partial charge in [0.05, 0.1) is 17.4 Å². The number of carbonyl (C=O) groups excluding carboxylic acids is 1. The number of nitrogens with zero attached hydrogens (tertiary/aromatic N) is 3. The first-order valence-corrected chi connectivity index (χ1v) is 10.5. The minimum Gasteiger partial charge on any atom is -0.306 e. The molecule has 3 aromatic rings. The van der Waals surface area contributed by atoms with Crippen LogP contribution in [0.15, 0.2) is 58.1 Å². The van der Waals surface area contributed by atoms with Crippen molar-refractivity contribution in [1.82, 2.24) is 14.0 Å². The lowest BCUT2D eigenvalue weighted by molar-refractivity contribution is 0.0988. The van der Waals surface area contributed by atoms with Gasteiger partial charge in [0, 0.05) is 18.0 Å². The topological polar surface area (TPSA) is 64.3 Å². The molecule has 0 atom stereocenters. The molecule has 1 saturated heterocycles. The molecule has 4 rings (SSSR count). The molecule has 30 heavy (non-hydrogen) atoms. The van der Waals surface area contributed by atoms with Gasteiger partial charge in [0.1, 0.15) is 0 Å². The number of ketones is 1. The fraction of sp³-hybridized carbons (Fsp3) is 0.375. The van der Waals surface area contributed by atoms with Crippen molar-refractivity contribution in [2.45, 2.75) is 38.8 Å². The summed E-state index contributed by atoms with van der Waals surface area (Å²) in [5.74, 6) is 0.0972. The molecule has 0 aliphatic carbocycles. The van der Waals surface area contributed by atoms with E-state index in [0.29, 0.717) is 29.4 Å². The number of Topliss-reactive ketones (excluding diaryl/α,β-unsaturated/α-hetero) is 1. The minimum atomic E-state index is -0.262. The van der Waals surface area contributed by atoms with Gasteiger partial charge < -0.3 is 4.90 Å². The summed E-state index contributed by atoms with van der Waals surface area (Å²) in [6.45, 7) is 3.94. The van der Waals surface area contributed by atoms with Crippen LogP contribution in [0.2, 0.25) is 0 Å². The second kappa shape index (κ2) is 8.40. The molecule has 1 aliphatic heterocycles. The first-order chi connectivity index (χ1) is 14.5. The van der Waals surface area contributed by atoms with Crippen LogP contribution in [-0.2, 0) is 6.54 Å². The fourth-order valence-corrected chi connectivity index (χ4v) is 4.25. The number of carbonyl (C=O) groups is 1. The van der Waals surface area contributed by atoms with Crippen molar-refractivity contribution in [1.29, 1.82) is 0 Å². The van der Waals surface area contributed by atoms with Crippen LogP contribution in [0.5, 0.6) is 0 Å². The van der Waals surface area contributed by atoms with Crippen molar-refractivity contribution < 1.29 is 4.79 Å². The Morgan fingerprint density at radius 2 is 1.67 bits per heavy atom. The van der Waals surface area contributed by atoms with E-state index in [1.807, 2.05) is 37.3 Å². The Kier molecular flexibility index (Phi) is 5.68. The van der Waals surface area contributed by atoms with Crippen molar-refractivity contribution in [3.05, 3.63) is 80.5 Å². The molecule has 156 valence electrons. The number of benzene rings is 2. The van der Waals surface area contributed by atoms with Crippen LogP contribution in [0.3, 0.4) is 0 Å². The molecular weight excluding hydrogens is 378 g/mol. The van der Waals surface area contributed by atoms with Crippen molar-refractivity contribution >= 4 is 16.7 Å². The van der Waals surface area contributed by atoms with E-state index in [1.54, 1.807) is 22.8 Å². The van der Waals surface area contributed by atoms with Crippen LogP contribution >= 0.6 is 0 Å². The maximum atomic E-state index is 13.5. The van der Waals surface area contributed by atoms with E-state index in [2.05, 4.69) is 11.9 Å². The molecule has 0 radical (unpaired) electrons. The predicted octanol–water partition coefficient (Wildman–Crippen LogP) is 3.07. The molecule has 2 heterocycles. The maximum absolute atomic E-state index is 13.5. The second-order valence-electron chi connectivity index (χ2n) is 8.07. The third-order valence-electron chi connectivity index (χ3n) is 6.07. The summed E-state index contributed by atoms with van der Waals surface area (Å²) in [5.41, 5.74) is 1.77. The lowest BCUT2D eigenvalue weighted by atomic mass is 10.0. The Balaban J connectivity index is 1.80. The fourth-order valence-electron chi connectivity index (χ4n) is 4.25. The molecule has 0 saturated carbocycles. The summed E-state index contributed by atoms with van der Waals surface area (Å²) >= 11 is 0. The van der Waals surface area contributed by atoms with Gasteiger partial charge in [-0.05, 0) is 50.7 Å². The number of hydrogen-bond donors (Lipinski definition) is 0. The standard InChI is InChI=1S/C24H27N3O3/c1-3-22(28)18-10-8-17(9-11-18)16-26-21-7-5-4-6-20(21)23(29)27(24(26)30)19-12-14-25(2)15-13-19/h4-11,19H,3,12-16H2,1-2H3. The van der Waals surface area contributed by atoms with E-state index in [0.717, 1.165) is 31.5 Å². The summed E-state index contributed by atoms with van der Waals surface area (Å²) in [6.07, 6.45) is 2.04. The van der Waals surface area contributed by atoms with Crippen LogP contribution in [0.25, 0.3) is 10.9 Å². The van der Waals surface area contributed by atoms with Crippen LogP contribution in [0.1, 0.15) is 48.1 Å². The highest BCUT2D eigenvalue weighted by atomic mass is 16.2. The summed E-state index contributed by atoms with van der Waals surface area (Å²) < 4.78 is 3.15. The number of hydrogen-bond acceptors (Lipinski definition) is 4. The van der Waals surface area contributed by atoms with E-state index in [4.69, 9.17) is 0 Å². The van der Waals surface area contributed by atoms with Crippen LogP contribution in [-0.4, -0.2) is 40.0 Å². The molecule has 6 heteroatoms. The molecular formula is C24H27N3O3. The normalized spacial score (nSPS) is 15.5. The third-order valence-corrected chi connectivity index (χ3v) is 6.07. The number of piperidine rings is 1. The molecule has 0 amide bonds. The molecule has 0 unspecified atom stereocenters. The van der Waals surface area contributed by atoms with E-state index in [-0.39, 0.29) is 23.1 Å². The van der Waals surface area contributed by atoms with Crippen LogP contribution < -0.4 is 11.2 Å². The molecule has 1 aliphatic rings. The summed E-state index contributed by atoms with van der Waals surface area (Å²) in [7, 11) is 2.06. The molecule has 2 aromatic carbocycles. The number of para-hydroxylation sites is 1. The highest BCUT2D eigenvalue weighted by molar-refractivity contribution is 5.95. The van der Waals surface area contributed by atoms with Gasteiger partial charge in [-0.15, -0.1) is 0 Å². The first-order valence-electron chi connectivity index (χ1n) is 10.5. The van der Waals surface area contributed by atoms with Gasteiger partial charge in [-0.2, -0.15) is 0 Å². The van der Waals surface area contributed by atoms with Crippen molar-refractivity contribution in [3.63, 3.8) is 0 Å². The molecule has 0 N–H and O–H groups in total. The zero-order valence-corrected chi connectivity index (χ0v) is 17.5. The van der Waals surface area contributed by atoms with Crippen LogP contribution in [0, 0.1) is 0 Å². The first kappa shape index (κ1) is 20.3. The number of aromatic nitrogens is 2. The zero-order chi connectivity index (χ0) is 21.3. The summed E-state index contributed by atoms with van der Waals surface area (Å²) in [4.78, 5) is 40.8. The summed E-state index contributed by atoms with van der Waals surface area (Å²) in [6, 6.07) is 14.6. The maximum Gasteiger partial charge on any atom is 0.332 e. The number of likely N-dealkylation sites (tertiary alicyclic amines) is 1. The zero-order valence-electron chi connectivity index (χ0n) is 17.5. The molecule has 1 fully saturated rings. The average molecular weight is 405 g/mol. The van der Waals surface area contributed by atoms with Gasteiger partial charge in [-0.1, -0.05) is 43.3 Å². The van der Waals surface area contributed by atoms with Gasteiger partial charge in [0.25, 0.3) is 5.56 Å². The van der Waals surface area contributed by atoms with Crippen LogP contribution in [0.4, 0.5) is 0 Å². The quantitative estimate of drug-likeness (QED) is 0.612. The Morgan fingerprint density at radius 1 is 1.00 bits per heavy atom. The van der Waals surface area contributed by atoms with E-state index < -0.39 is 0 Å². The van der Waals surface area contributed by atoms with Gasteiger partial charge in [-0.25, -0.2) is 4.79 Å². The van der Waals surface area contributed by atoms with E-state index in [9.17, 15) is 14.4 Å². The van der Waals surface area contributed by atoms with E-state index in [1.165, 1.54) is 4.57 Å². The Hall–Kier alpha value is -2.99. The summed E-state index contributed by atoms with van der Waals surface area (Å²) in [5, 5.41) is 0.564. The lowest BCUT2D eigenvalue weighted by Gasteiger charge is -2.30. The smallest absolute Gasteiger partial charge is 0.306 e. The van der Waals surface area contributed by atoms with Gasteiger partial charge in [0.2, 0.25) is 0 Å². The highest BCUT2D eigenvalue weighted by Gasteiger charge is 2.24.